The summed E-state index contributed by atoms with van der Waals surface area (Å²) in [6.07, 6.45) is 0. The minimum Gasteiger partial charge on any atom is -0.508 e. The molecule has 0 radical (unpaired) electrons. The molecule has 3 heterocycles. The minimum atomic E-state index is -0.557. The highest BCUT2D eigenvalue weighted by Crippen LogP contribution is 2.34. The number of aromatic amines is 1. The first-order valence-electron chi connectivity index (χ1n) is 8.04. The second-order valence-electron chi connectivity index (χ2n) is 5.88. The number of ether oxygens (including phenoxy) is 1. The van der Waals surface area contributed by atoms with Crippen LogP contribution in [0, 0.1) is 6.92 Å². The molecule has 8 heteroatoms. The van der Waals surface area contributed by atoms with E-state index in [0.717, 1.165) is 10.4 Å². The molecule has 0 aliphatic carbocycles. The van der Waals surface area contributed by atoms with Gasteiger partial charge in [-0.05, 0) is 43.3 Å². The summed E-state index contributed by atoms with van der Waals surface area (Å²) in [5, 5.41) is 11.7. The molecule has 4 aromatic rings. The summed E-state index contributed by atoms with van der Waals surface area (Å²) < 4.78 is 5.21. The van der Waals surface area contributed by atoms with Gasteiger partial charge in [-0.2, -0.15) is 0 Å². The molecule has 0 atom stereocenters. The zero-order chi connectivity index (χ0) is 19.0. The number of aromatic nitrogens is 2. The van der Waals surface area contributed by atoms with E-state index in [4.69, 9.17) is 4.74 Å². The SMILES string of the molecule is Cc1ccc(-c2csc3nc(COC(=O)c4ccc(O)cc4)[nH]c(=O)c23)s1. The van der Waals surface area contributed by atoms with Gasteiger partial charge >= 0.3 is 5.97 Å². The Morgan fingerprint density at radius 1 is 1.22 bits per heavy atom. The number of carbonyl (C=O) groups excluding carboxylic acids is 1. The van der Waals surface area contributed by atoms with Crippen molar-refractivity contribution in [2.24, 2.45) is 0 Å². The minimum absolute atomic E-state index is 0.0671. The standard InChI is InChI=1S/C19H14N2O4S2/c1-10-2-7-14(27-10)13-9-26-18-16(13)17(23)20-15(21-18)8-25-19(24)11-3-5-12(22)6-4-11/h2-7,9,22H,8H2,1H3,(H,20,21,23). The van der Waals surface area contributed by atoms with Crippen molar-refractivity contribution in [3.63, 3.8) is 0 Å². The number of aryl methyl sites for hydroxylation is 1. The van der Waals surface area contributed by atoms with E-state index in [-0.39, 0.29) is 23.7 Å². The summed E-state index contributed by atoms with van der Waals surface area (Å²) in [6.45, 7) is 1.88. The van der Waals surface area contributed by atoms with Crippen LogP contribution in [-0.4, -0.2) is 21.0 Å². The lowest BCUT2D eigenvalue weighted by Gasteiger charge is -2.05. The van der Waals surface area contributed by atoms with Crippen LogP contribution in [0.4, 0.5) is 0 Å². The predicted molar refractivity (Wildman–Crippen MR) is 106 cm³/mol. The third kappa shape index (κ3) is 3.49. The first-order valence-corrected chi connectivity index (χ1v) is 9.74. The predicted octanol–water partition coefficient (Wildman–Crippen LogP) is 4.08. The molecular weight excluding hydrogens is 384 g/mol. The lowest BCUT2D eigenvalue weighted by Crippen LogP contribution is -2.14. The largest absolute Gasteiger partial charge is 0.508 e. The van der Waals surface area contributed by atoms with Crippen molar-refractivity contribution in [2.45, 2.75) is 13.5 Å². The number of rotatable bonds is 4. The maximum Gasteiger partial charge on any atom is 0.338 e. The number of carbonyl (C=O) groups is 1. The fraction of sp³-hybridized carbons (Fsp3) is 0.105. The van der Waals surface area contributed by atoms with Gasteiger partial charge in [0.25, 0.3) is 5.56 Å². The summed E-state index contributed by atoms with van der Waals surface area (Å²) in [7, 11) is 0. The van der Waals surface area contributed by atoms with E-state index >= 15 is 0 Å². The van der Waals surface area contributed by atoms with Gasteiger partial charge in [0.15, 0.2) is 0 Å². The number of phenols is 1. The van der Waals surface area contributed by atoms with E-state index in [2.05, 4.69) is 9.97 Å². The zero-order valence-corrected chi connectivity index (χ0v) is 15.8. The third-order valence-corrected chi connectivity index (χ3v) is 5.85. The van der Waals surface area contributed by atoms with Gasteiger partial charge < -0.3 is 14.8 Å². The van der Waals surface area contributed by atoms with Gasteiger partial charge in [-0.3, -0.25) is 4.79 Å². The monoisotopic (exact) mass is 398 g/mol. The molecule has 6 nitrogen and oxygen atoms in total. The highest BCUT2D eigenvalue weighted by Gasteiger charge is 2.15. The Morgan fingerprint density at radius 3 is 2.70 bits per heavy atom. The van der Waals surface area contributed by atoms with Crippen molar-refractivity contribution in [1.29, 1.82) is 0 Å². The number of esters is 1. The summed E-state index contributed by atoms with van der Waals surface area (Å²) in [4.78, 5) is 34.5. The van der Waals surface area contributed by atoms with Crippen molar-refractivity contribution >= 4 is 38.9 Å². The van der Waals surface area contributed by atoms with Crippen LogP contribution >= 0.6 is 22.7 Å². The molecule has 27 heavy (non-hydrogen) atoms. The molecule has 0 aliphatic heterocycles. The first kappa shape index (κ1) is 17.4. The number of thiophene rings is 2. The van der Waals surface area contributed by atoms with Crippen LogP contribution < -0.4 is 5.56 Å². The van der Waals surface area contributed by atoms with Crippen LogP contribution in [0.3, 0.4) is 0 Å². The van der Waals surface area contributed by atoms with E-state index in [1.807, 2.05) is 24.4 Å². The van der Waals surface area contributed by atoms with Crippen LogP contribution in [0.15, 0.2) is 46.6 Å². The number of nitrogens with zero attached hydrogens (tertiary/aromatic N) is 1. The topological polar surface area (TPSA) is 92.3 Å². The second-order valence-corrected chi connectivity index (χ2v) is 8.02. The van der Waals surface area contributed by atoms with Gasteiger partial charge in [-0.25, -0.2) is 9.78 Å². The molecule has 0 bridgehead atoms. The zero-order valence-electron chi connectivity index (χ0n) is 14.2. The fourth-order valence-corrected chi connectivity index (χ4v) is 4.56. The Bertz CT molecular complexity index is 1190. The number of benzene rings is 1. The van der Waals surface area contributed by atoms with Crippen molar-refractivity contribution in [3.05, 3.63) is 68.4 Å². The third-order valence-electron chi connectivity index (χ3n) is 3.94. The summed E-state index contributed by atoms with van der Waals surface area (Å²) in [5.41, 5.74) is 0.926. The Balaban J connectivity index is 1.58. The van der Waals surface area contributed by atoms with Gasteiger partial charge in [0.05, 0.1) is 10.9 Å². The van der Waals surface area contributed by atoms with Crippen LogP contribution in [0.1, 0.15) is 21.1 Å². The van der Waals surface area contributed by atoms with E-state index in [1.54, 1.807) is 11.3 Å². The fourth-order valence-electron chi connectivity index (χ4n) is 2.64. The second kappa shape index (κ2) is 6.98. The van der Waals surface area contributed by atoms with Gasteiger partial charge in [0, 0.05) is 20.7 Å². The molecule has 4 rings (SSSR count). The van der Waals surface area contributed by atoms with Crippen LogP contribution in [-0.2, 0) is 11.3 Å². The average Bonchev–Trinajstić information content (AvgIpc) is 3.26. The van der Waals surface area contributed by atoms with Crippen molar-refractivity contribution in [3.8, 4) is 16.2 Å². The number of fused-ring (bicyclic) bond motifs is 1. The normalized spacial score (nSPS) is 11.0. The lowest BCUT2D eigenvalue weighted by atomic mass is 10.2. The Labute approximate surface area is 161 Å². The van der Waals surface area contributed by atoms with Crippen LogP contribution in [0.5, 0.6) is 5.75 Å². The van der Waals surface area contributed by atoms with Crippen LogP contribution in [0.2, 0.25) is 0 Å². The Kier molecular flexibility index (Phi) is 4.51. The highest BCUT2D eigenvalue weighted by atomic mass is 32.1. The van der Waals surface area contributed by atoms with Gasteiger partial charge in [0.1, 0.15) is 23.0 Å². The molecule has 0 unspecified atom stereocenters. The maximum atomic E-state index is 12.6. The van der Waals surface area contributed by atoms with Crippen LogP contribution in [0.25, 0.3) is 20.7 Å². The number of hydrogen-bond donors (Lipinski definition) is 2. The van der Waals surface area contributed by atoms with E-state index in [1.165, 1.54) is 40.5 Å². The Hall–Kier alpha value is -2.97. The van der Waals surface area contributed by atoms with Crippen molar-refractivity contribution < 1.29 is 14.6 Å². The molecule has 2 N–H and O–H groups in total. The molecule has 0 fully saturated rings. The van der Waals surface area contributed by atoms with E-state index < -0.39 is 5.97 Å². The summed E-state index contributed by atoms with van der Waals surface area (Å²) >= 11 is 3.01. The molecule has 1 aromatic carbocycles. The quantitative estimate of drug-likeness (QED) is 0.505. The molecule has 136 valence electrons. The average molecular weight is 398 g/mol. The molecule has 0 saturated heterocycles. The number of nitrogens with one attached hydrogen (secondary N) is 1. The molecule has 0 amide bonds. The highest BCUT2D eigenvalue weighted by molar-refractivity contribution is 7.19. The molecular formula is C19H14N2O4S2. The van der Waals surface area contributed by atoms with E-state index in [0.29, 0.717) is 15.8 Å². The first-order chi connectivity index (χ1) is 13.0. The molecule has 0 spiro atoms. The summed E-state index contributed by atoms with van der Waals surface area (Å²) in [6, 6.07) is 9.75. The smallest absolute Gasteiger partial charge is 0.338 e. The van der Waals surface area contributed by atoms with Crippen molar-refractivity contribution in [1.82, 2.24) is 9.97 Å². The molecule has 0 aliphatic rings. The van der Waals surface area contributed by atoms with Gasteiger partial charge in [-0.1, -0.05) is 0 Å². The number of hydrogen-bond acceptors (Lipinski definition) is 7. The summed E-state index contributed by atoms with van der Waals surface area (Å²) in [5.74, 6) is -0.202. The molecule has 3 aromatic heterocycles. The number of H-pyrrole nitrogens is 1. The number of aromatic hydroxyl groups is 1. The van der Waals surface area contributed by atoms with Crippen molar-refractivity contribution in [2.75, 3.05) is 0 Å². The lowest BCUT2D eigenvalue weighted by molar-refractivity contribution is 0.0462. The molecule has 0 saturated carbocycles. The van der Waals surface area contributed by atoms with Gasteiger partial charge in [0.2, 0.25) is 0 Å². The van der Waals surface area contributed by atoms with Gasteiger partial charge in [-0.15, -0.1) is 22.7 Å². The maximum absolute atomic E-state index is 12.6. The Morgan fingerprint density at radius 2 is 2.00 bits per heavy atom. The number of phenolic OH excluding ortho intramolecular Hbond substituents is 1. The van der Waals surface area contributed by atoms with E-state index in [9.17, 15) is 14.7 Å².